The molecule has 1 fully saturated rings. The van der Waals surface area contributed by atoms with E-state index in [-0.39, 0.29) is 5.91 Å². The van der Waals surface area contributed by atoms with Crippen LogP contribution in [0.25, 0.3) is 11.1 Å². The molecular formula is C27H31FN4O3. The summed E-state index contributed by atoms with van der Waals surface area (Å²) in [6.07, 6.45) is 3.74. The molecule has 35 heavy (non-hydrogen) atoms. The molecule has 7 nitrogen and oxygen atoms in total. The van der Waals surface area contributed by atoms with E-state index < -0.39 is 11.4 Å². The molecule has 0 spiro atoms. The van der Waals surface area contributed by atoms with Crippen LogP contribution in [0.1, 0.15) is 31.9 Å². The Bertz CT molecular complexity index is 1180. The maximum atomic E-state index is 13.9. The number of fused-ring (bicyclic) bond motifs is 1. The average molecular weight is 479 g/mol. The summed E-state index contributed by atoms with van der Waals surface area (Å²) in [5, 5.41) is 2.79. The quantitative estimate of drug-likeness (QED) is 0.501. The van der Waals surface area contributed by atoms with Gasteiger partial charge < -0.3 is 19.7 Å². The Morgan fingerprint density at radius 3 is 2.69 bits per heavy atom. The molecule has 3 aliphatic rings. The Hall–Kier alpha value is -3.23. The van der Waals surface area contributed by atoms with Gasteiger partial charge in [-0.1, -0.05) is 0 Å². The fraction of sp³-hybridized carbons (Fsp3) is 0.407. The highest BCUT2D eigenvalue weighted by atomic mass is 19.1. The van der Waals surface area contributed by atoms with E-state index in [1.807, 2.05) is 39.1 Å². The molecule has 1 aromatic heterocycles. The molecule has 0 aliphatic carbocycles. The van der Waals surface area contributed by atoms with Crippen molar-refractivity contribution < 1.29 is 18.7 Å². The SMILES string of the molecule is CCOCCN1CCN(c2ccc(C3=C/C(=C4\C(=O)Nc5ccc(F)cc54)OC3(C)C)cn2)CC1. The molecule has 0 radical (unpaired) electrons. The van der Waals surface area contributed by atoms with Gasteiger partial charge in [-0.3, -0.25) is 9.69 Å². The summed E-state index contributed by atoms with van der Waals surface area (Å²) in [5.41, 5.74) is 2.67. The van der Waals surface area contributed by atoms with Crippen LogP contribution in [0, 0.1) is 5.82 Å². The van der Waals surface area contributed by atoms with Crippen LogP contribution in [0.2, 0.25) is 0 Å². The second-order valence-electron chi connectivity index (χ2n) is 9.48. The minimum absolute atomic E-state index is 0.289. The van der Waals surface area contributed by atoms with Crippen molar-refractivity contribution in [2.45, 2.75) is 26.4 Å². The van der Waals surface area contributed by atoms with Crippen LogP contribution < -0.4 is 10.2 Å². The lowest BCUT2D eigenvalue weighted by Crippen LogP contribution is -2.47. The van der Waals surface area contributed by atoms with E-state index in [2.05, 4.69) is 21.2 Å². The van der Waals surface area contributed by atoms with Crippen LogP contribution in [0.15, 0.2) is 48.4 Å². The first-order valence-corrected chi connectivity index (χ1v) is 12.1. The Labute approximate surface area is 205 Å². The molecule has 0 saturated carbocycles. The molecule has 3 aliphatic heterocycles. The van der Waals surface area contributed by atoms with Gasteiger partial charge in [-0.15, -0.1) is 0 Å². The smallest absolute Gasteiger partial charge is 0.260 e. The lowest BCUT2D eigenvalue weighted by Gasteiger charge is -2.35. The van der Waals surface area contributed by atoms with E-state index in [1.54, 1.807) is 6.07 Å². The van der Waals surface area contributed by atoms with Crippen molar-refractivity contribution in [3.05, 3.63) is 65.3 Å². The average Bonchev–Trinajstić information content (AvgIpc) is 3.34. The van der Waals surface area contributed by atoms with Crippen molar-refractivity contribution in [1.29, 1.82) is 0 Å². The van der Waals surface area contributed by atoms with Crippen LogP contribution in [0.5, 0.6) is 0 Å². The van der Waals surface area contributed by atoms with E-state index in [0.29, 0.717) is 22.6 Å². The van der Waals surface area contributed by atoms with Gasteiger partial charge in [-0.05, 0) is 57.2 Å². The topological polar surface area (TPSA) is 66.9 Å². The number of anilines is 2. The number of ether oxygens (including phenoxy) is 2. The number of carbonyl (C=O) groups is 1. The van der Waals surface area contributed by atoms with Crippen molar-refractivity contribution in [3.8, 4) is 0 Å². The predicted octanol–water partition coefficient (Wildman–Crippen LogP) is 3.93. The fourth-order valence-electron chi connectivity index (χ4n) is 4.87. The van der Waals surface area contributed by atoms with Crippen LogP contribution in [0.3, 0.4) is 0 Å². The van der Waals surface area contributed by atoms with Crippen molar-refractivity contribution in [3.63, 3.8) is 0 Å². The number of hydrogen-bond acceptors (Lipinski definition) is 6. The van der Waals surface area contributed by atoms with E-state index in [1.165, 1.54) is 12.1 Å². The van der Waals surface area contributed by atoms with Crippen LogP contribution in [-0.2, 0) is 14.3 Å². The summed E-state index contributed by atoms with van der Waals surface area (Å²) in [6.45, 7) is 12.3. The summed E-state index contributed by atoms with van der Waals surface area (Å²) in [4.78, 5) is 22.1. The second kappa shape index (κ2) is 9.43. The number of rotatable bonds is 6. The maximum Gasteiger partial charge on any atom is 0.260 e. The molecule has 1 amide bonds. The highest BCUT2D eigenvalue weighted by Gasteiger charge is 2.38. The number of pyridine rings is 1. The van der Waals surface area contributed by atoms with Crippen molar-refractivity contribution in [1.82, 2.24) is 9.88 Å². The number of amides is 1. The molecule has 2 aromatic rings. The number of carbonyl (C=O) groups excluding carboxylic acids is 1. The van der Waals surface area contributed by atoms with Gasteiger partial charge in [-0.25, -0.2) is 9.37 Å². The van der Waals surface area contributed by atoms with Gasteiger partial charge in [0.05, 0.1) is 12.2 Å². The number of hydrogen-bond donors (Lipinski definition) is 1. The first-order chi connectivity index (χ1) is 16.9. The van der Waals surface area contributed by atoms with Crippen LogP contribution in [0.4, 0.5) is 15.9 Å². The van der Waals surface area contributed by atoms with Crippen molar-refractivity contribution in [2.24, 2.45) is 0 Å². The molecule has 1 aromatic carbocycles. The number of piperazine rings is 1. The highest BCUT2D eigenvalue weighted by molar-refractivity contribution is 6.32. The van der Waals surface area contributed by atoms with E-state index in [4.69, 9.17) is 14.5 Å². The van der Waals surface area contributed by atoms with Gasteiger partial charge in [0.2, 0.25) is 0 Å². The highest BCUT2D eigenvalue weighted by Crippen LogP contribution is 2.44. The third-order valence-corrected chi connectivity index (χ3v) is 6.77. The third kappa shape index (κ3) is 4.68. The molecule has 5 rings (SSSR count). The van der Waals surface area contributed by atoms with Gasteiger partial charge in [0, 0.05) is 67.9 Å². The number of nitrogens with one attached hydrogen (secondary N) is 1. The maximum absolute atomic E-state index is 13.9. The minimum Gasteiger partial charge on any atom is -0.482 e. The van der Waals surface area contributed by atoms with E-state index in [9.17, 15) is 9.18 Å². The van der Waals surface area contributed by atoms with Crippen molar-refractivity contribution in [2.75, 3.05) is 56.2 Å². The number of nitrogens with zero attached hydrogens (tertiary/aromatic N) is 3. The van der Waals surface area contributed by atoms with Gasteiger partial charge in [-0.2, -0.15) is 0 Å². The molecule has 0 bridgehead atoms. The van der Waals surface area contributed by atoms with E-state index in [0.717, 1.165) is 62.9 Å². The lowest BCUT2D eigenvalue weighted by atomic mass is 9.93. The fourth-order valence-corrected chi connectivity index (χ4v) is 4.87. The molecule has 0 unspecified atom stereocenters. The Morgan fingerprint density at radius 1 is 1.17 bits per heavy atom. The summed E-state index contributed by atoms with van der Waals surface area (Å²) in [6, 6.07) is 8.37. The van der Waals surface area contributed by atoms with Crippen molar-refractivity contribution >= 4 is 28.6 Å². The Balaban J connectivity index is 1.34. The summed E-state index contributed by atoms with van der Waals surface area (Å²) in [7, 11) is 0. The van der Waals surface area contributed by atoms with Crippen LogP contribution >= 0.6 is 0 Å². The minimum atomic E-state index is -0.659. The summed E-state index contributed by atoms with van der Waals surface area (Å²) in [5.74, 6) is 0.713. The third-order valence-electron chi connectivity index (χ3n) is 6.77. The number of aromatic nitrogens is 1. The normalized spacial score (nSPS) is 21.5. The monoisotopic (exact) mass is 478 g/mol. The molecule has 1 N–H and O–H groups in total. The van der Waals surface area contributed by atoms with Gasteiger partial charge in [0.15, 0.2) is 0 Å². The Morgan fingerprint density at radius 2 is 1.97 bits per heavy atom. The zero-order valence-corrected chi connectivity index (χ0v) is 20.4. The first-order valence-electron chi connectivity index (χ1n) is 12.1. The molecule has 0 atom stereocenters. The van der Waals surface area contributed by atoms with Gasteiger partial charge >= 0.3 is 0 Å². The molecule has 1 saturated heterocycles. The zero-order valence-electron chi connectivity index (χ0n) is 20.4. The van der Waals surface area contributed by atoms with E-state index >= 15 is 0 Å². The lowest BCUT2D eigenvalue weighted by molar-refractivity contribution is -0.111. The number of allylic oxidation sites excluding steroid dienone is 1. The molecular weight excluding hydrogens is 447 g/mol. The summed E-state index contributed by atoms with van der Waals surface area (Å²) < 4.78 is 25.6. The number of halogens is 1. The second-order valence-corrected chi connectivity index (χ2v) is 9.48. The van der Waals surface area contributed by atoms with Gasteiger partial charge in [0.25, 0.3) is 5.91 Å². The molecule has 8 heteroatoms. The summed E-state index contributed by atoms with van der Waals surface area (Å²) >= 11 is 0. The standard InChI is InChI=1S/C27H31FN4O3/c1-4-34-14-13-31-9-11-32(12-10-31)24-8-5-18(17-29-24)21-16-23(35-27(21,2)3)25-20-15-19(28)6-7-22(20)30-26(25)33/h5-8,15-17H,4,9-14H2,1-3H3,(H,30,33)/b25-23+. The Kier molecular flexibility index (Phi) is 6.34. The molecule has 184 valence electrons. The largest absolute Gasteiger partial charge is 0.482 e. The number of benzene rings is 1. The predicted molar refractivity (Wildman–Crippen MR) is 134 cm³/mol. The van der Waals surface area contributed by atoms with Gasteiger partial charge in [0.1, 0.15) is 23.0 Å². The first kappa shape index (κ1) is 23.5. The van der Waals surface area contributed by atoms with Crippen LogP contribution in [-0.4, -0.2) is 67.3 Å². The zero-order chi connectivity index (χ0) is 24.6. The molecule has 4 heterocycles.